The van der Waals surface area contributed by atoms with E-state index < -0.39 is 0 Å². The van der Waals surface area contributed by atoms with Crippen LogP contribution in [0.2, 0.25) is 0 Å². The molecule has 1 atom stereocenters. The van der Waals surface area contributed by atoms with Crippen molar-refractivity contribution >= 4 is 45.8 Å². The van der Waals surface area contributed by atoms with Crippen LogP contribution in [0, 0.1) is 13.8 Å². The van der Waals surface area contributed by atoms with Gasteiger partial charge in [-0.2, -0.15) is 0 Å². The molecule has 0 aromatic heterocycles. The SMILES string of the molecule is CCC1SC(=S)N(CCCC(=O)Nc2c(C)cccc2C)C1=O. The number of hydrogen-bond donors (Lipinski definition) is 1. The van der Waals surface area contributed by atoms with E-state index in [-0.39, 0.29) is 17.1 Å². The molecule has 2 amide bonds. The van der Waals surface area contributed by atoms with Crippen LogP contribution in [0.4, 0.5) is 5.69 Å². The van der Waals surface area contributed by atoms with Crippen molar-refractivity contribution in [1.29, 1.82) is 0 Å². The molecule has 4 nitrogen and oxygen atoms in total. The molecule has 0 aliphatic carbocycles. The van der Waals surface area contributed by atoms with Gasteiger partial charge in [0.2, 0.25) is 11.8 Å². The maximum Gasteiger partial charge on any atom is 0.241 e. The van der Waals surface area contributed by atoms with Gasteiger partial charge in [0.05, 0.1) is 5.25 Å². The summed E-state index contributed by atoms with van der Waals surface area (Å²) in [4.78, 5) is 25.9. The Hall–Kier alpha value is -1.40. The Balaban J connectivity index is 1.84. The highest BCUT2D eigenvalue weighted by Gasteiger charge is 2.35. The topological polar surface area (TPSA) is 49.4 Å². The quantitative estimate of drug-likeness (QED) is 0.796. The summed E-state index contributed by atoms with van der Waals surface area (Å²) >= 11 is 6.70. The average molecular weight is 351 g/mol. The van der Waals surface area contributed by atoms with Crippen LogP contribution < -0.4 is 5.32 Å². The molecular formula is C17H22N2O2S2. The van der Waals surface area contributed by atoms with Gasteiger partial charge in [0, 0.05) is 18.7 Å². The van der Waals surface area contributed by atoms with E-state index in [2.05, 4.69) is 5.32 Å². The summed E-state index contributed by atoms with van der Waals surface area (Å²) in [7, 11) is 0. The molecule has 1 unspecified atom stereocenters. The molecule has 23 heavy (non-hydrogen) atoms. The largest absolute Gasteiger partial charge is 0.326 e. The minimum absolute atomic E-state index is 0.0281. The molecule has 6 heteroatoms. The molecule has 1 aliphatic heterocycles. The van der Waals surface area contributed by atoms with Gasteiger partial charge in [-0.1, -0.05) is 49.1 Å². The maximum absolute atomic E-state index is 12.1. The van der Waals surface area contributed by atoms with E-state index in [1.165, 1.54) is 11.8 Å². The van der Waals surface area contributed by atoms with E-state index in [0.717, 1.165) is 23.2 Å². The molecule has 0 saturated carbocycles. The summed E-state index contributed by atoms with van der Waals surface area (Å²) in [6.45, 7) is 6.46. The second kappa shape index (κ2) is 7.93. The van der Waals surface area contributed by atoms with Crippen LogP contribution in [-0.4, -0.2) is 32.8 Å². The van der Waals surface area contributed by atoms with Crippen LogP contribution in [0.5, 0.6) is 0 Å². The lowest BCUT2D eigenvalue weighted by molar-refractivity contribution is -0.126. The van der Waals surface area contributed by atoms with Crippen LogP contribution in [0.1, 0.15) is 37.3 Å². The summed E-state index contributed by atoms with van der Waals surface area (Å²) in [5, 5.41) is 2.92. The zero-order chi connectivity index (χ0) is 17.0. The molecule has 1 aromatic rings. The number of carbonyl (C=O) groups excluding carboxylic acids is 2. The Morgan fingerprint density at radius 1 is 1.35 bits per heavy atom. The smallest absolute Gasteiger partial charge is 0.241 e. The Labute approximate surface area is 147 Å². The number of amides is 2. The van der Waals surface area contributed by atoms with Gasteiger partial charge in [0.25, 0.3) is 0 Å². The van der Waals surface area contributed by atoms with Crippen LogP contribution in [0.3, 0.4) is 0 Å². The number of nitrogens with one attached hydrogen (secondary N) is 1. The van der Waals surface area contributed by atoms with Gasteiger partial charge < -0.3 is 5.32 Å². The number of nitrogens with zero attached hydrogens (tertiary/aromatic N) is 1. The molecule has 1 aromatic carbocycles. The van der Waals surface area contributed by atoms with Crippen molar-refractivity contribution in [2.24, 2.45) is 0 Å². The van der Waals surface area contributed by atoms with Gasteiger partial charge in [0.15, 0.2) is 0 Å². The number of carbonyl (C=O) groups is 2. The molecule has 2 rings (SSSR count). The Kier molecular flexibility index (Phi) is 6.18. The standard InChI is InChI=1S/C17H22N2O2S2/c1-4-13-16(21)19(17(22)23-13)10-6-9-14(20)18-15-11(2)7-5-8-12(15)3/h5,7-8,13H,4,6,9-10H2,1-3H3,(H,18,20). The summed E-state index contributed by atoms with van der Waals surface area (Å²) in [5.74, 6) is 0.0531. The number of thiocarbonyl (C=S) groups is 1. The van der Waals surface area contributed by atoms with Gasteiger partial charge >= 0.3 is 0 Å². The van der Waals surface area contributed by atoms with Gasteiger partial charge in [0.1, 0.15) is 4.32 Å². The van der Waals surface area contributed by atoms with Crippen LogP contribution in [0.15, 0.2) is 18.2 Å². The number of rotatable bonds is 6. The summed E-state index contributed by atoms with van der Waals surface area (Å²) in [6.07, 6.45) is 1.77. The van der Waals surface area contributed by atoms with E-state index >= 15 is 0 Å². The first kappa shape index (κ1) is 17.9. The van der Waals surface area contributed by atoms with E-state index in [4.69, 9.17) is 12.2 Å². The maximum atomic E-state index is 12.1. The molecule has 1 fully saturated rings. The monoisotopic (exact) mass is 350 g/mol. The van der Waals surface area contributed by atoms with Gasteiger partial charge in [-0.15, -0.1) is 0 Å². The first-order valence-corrected chi connectivity index (χ1v) is 9.11. The summed E-state index contributed by atoms with van der Waals surface area (Å²) < 4.78 is 0.636. The van der Waals surface area contributed by atoms with E-state index in [0.29, 0.717) is 23.7 Å². The van der Waals surface area contributed by atoms with Crippen LogP contribution >= 0.6 is 24.0 Å². The lowest BCUT2D eigenvalue weighted by Gasteiger charge is -2.15. The molecule has 1 N–H and O–H groups in total. The molecule has 1 aliphatic rings. The van der Waals surface area contributed by atoms with E-state index in [1.807, 2.05) is 39.0 Å². The zero-order valence-corrected chi connectivity index (χ0v) is 15.4. The third-order valence-electron chi connectivity index (χ3n) is 3.91. The zero-order valence-electron chi connectivity index (χ0n) is 13.7. The van der Waals surface area contributed by atoms with E-state index in [1.54, 1.807) is 4.90 Å². The number of thioether (sulfide) groups is 1. The van der Waals surface area contributed by atoms with Crippen LogP contribution in [-0.2, 0) is 9.59 Å². The fourth-order valence-electron chi connectivity index (χ4n) is 2.57. The van der Waals surface area contributed by atoms with Gasteiger partial charge in [-0.05, 0) is 37.8 Å². The normalized spacial score (nSPS) is 17.7. The molecule has 1 heterocycles. The van der Waals surface area contributed by atoms with Crippen molar-refractivity contribution in [2.75, 3.05) is 11.9 Å². The van der Waals surface area contributed by atoms with Crippen molar-refractivity contribution in [1.82, 2.24) is 4.90 Å². The van der Waals surface area contributed by atoms with Crippen molar-refractivity contribution in [3.05, 3.63) is 29.3 Å². The molecule has 0 bridgehead atoms. The second-order valence-electron chi connectivity index (χ2n) is 5.69. The number of anilines is 1. The van der Waals surface area contributed by atoms with E-state index in [9.17, 15) is 9.59 Å². The molecule has 124 valence electrons. The molecule has 0 spiro atoms. The van der Waals surface area contributed by atoms with Crippen LogP contribution in [0.25, 0.3) is 0 Å². The molecule has 1 saturated heterocycles. The Morgan fingerprint density at radius 2 is 2.00 bits per heavy atom. The van der Waals surface area contributed by atoms with Gasteiger partial charge in [-0.3, -0.25) is 14.5 Å². The predicted molar refractivity (Wildman–Crippen MR) is 99.8 cm³/mol. The molecule has 0 radical (unpaired) electrons. The third kappa shape index (κ3) is 4.32. The number of para-hydroxylation sites is 1. The first-order chi connectivity index (χ1) is 10.9. The minimum atomic E-state index is -0.0501. The number of benzene rings is 1. The minimum Gasteiger partial charge on any atom is -0.326 e. The highest BCUT2D eigenvalue weighted by molar-refractivity contribution is 8.24. The van der Waals surface area contributed by atoms with Gasteiger partial charge in [-0.25, -0.2) is 0 Å². The first-order valence-electron chi connectivity index (χ1n) is 7.82. The number of aryl methyl sites for hydroxylation is 2. The van der Waals surface area contributed by atoms with Crippen molar-refractivity contribution in [3.63, 3.8) is 0 Å². The second-order valence-corrected chi connectivity index (χ2v) is 7.53. The fourth-order valence-corrected chi connectivity index (χ4v) is 4.05. The van der Waals surface area contributed by atoms with Crippen molar-refractivity contribution in [3.8, 4) is 0 Å². The average Bonchev–Trinajstić information content (AvgIpc) is 2.78. The Morgan fingerprint density at radius 3 is 2.57 bits per heavy atom. The van der Waals surface area contributed by atoms with Crippen molar-refractivity contribution < 1.29 is 9.59 Å². The fraction of sp³-hybridized carbons (Fsp3) is 0.471. The molecular weight excluding hydrogens is 328 g/mol. The highest BCUT2D eigenvalue weighted by Crippen LogP contribution is 2.29. The summed E-state index contributed by atoms with van der Waals surface area (Å²) in [5.41, 5.74) is 2.99. The summed E-state index contributed by atoms with van der Waals surface area (Å²) in [6, 6.07) is 5.93. The van der Waals surface area contributed by atoms with Crippen molar-refractivity contribution in [2.45, 2.75) is 45.3 Å². The number of hydrogen-bond acceptors (Lipinski definition) is 4. The lowest BCUT2D eigenvalue weighted by Crippen LogP contribution is -2.32. The third-order valence-corrected chi connectivity index (χ3v) is 5.66. The lowest BCUT2D eigenvalue weighted by atomic mass is 10.1. The highest BCUT2D eigenvalue weighted by atomic mass is 32.2. The Bertz CT molecular complexity index is 611. The predicted octanol–water partition coefficient (Wildman–Crippen LogP) is 3.66.